The fourth-order valence-corrected chi connectivity index (χ4v) is 1.73. The molecule has 138 valence electrons. The zero-order chi connectivity index (χ0) is 18.9. The van der Waals surface area contributed by atoms with Crippen LogP contribution >= 0.6 is 0 Å². The first-order valence-corrected chi connectivity index (χ1v) is 7.55. The van der Waals surface area contributed by atoms with Crippen molar-refractivity contribution in [2.24, 2.45) is 11.7 Å². The maximum absolute atomic E-state index is 11.8. The molecule has 24 heavy (non-hydrogen) atoms. The summed E-state index contributed by atoms with van der Waals surface area (Å²) in [7, 11) is 0. The van der Waals surface area contributed by atoms with Gasteiger partial charge in [-0.2, -0.15) is 0 Å². The number of carboxylic acid groups (broad SMARTS) is 1. The molecule has 0 saturated heterocycles. The van der Waals surface area contributed by atoms with E-state index in [4.69, 9.17) is 15.9 Å². The van der Waals surface area contributed by atoms with E-state index >= 15 is 0 Å². The number of amides is 3. The van der Waals surface area contributed by atoms with Crippen LogP contribution < -0.4 is 21.7 Å². The first-order chi connectivity index (χ1) is 11.1. The number of aliphatic hydroxyl groups is 1. The van der Waals surface area contributed by atoms with Gasteiger partial charge >= 0.3 is 5.97 Å². The van der Waals surface area contributed by atoms with Crippen LogP contribution in [-0.2, 0) is 19.2 Å². The van der Waals surface area contributed by atoms with Crippen molar-refractivity contribution >= 4 is 23.7 Å². The molecule has 0 aliphatic heterocycles. The third-order valence-corrected chi connectivity index (χ3v) is 2.99. The monoisotopic (exact) mass is 346 g/mol. The Morgan fingerprint density at radius 3 is 2.00 bits per heavy atom. The summed E-state index contributed by atoms with van der Waals surface area (Å²) in [5, 5.41) is 24.9. The standard InChI is InChI=1S/C14H26N4O6/c1-7(2)4-9(14(23)24)17-11(20)5-16-13(22)10(6-19)18-12(21)8(3)15/h7-10,19H,4-6,15H2,1-3H3,(H,16,22)(H,17,20)(H,18,21)(H,23,24). The molecule has 0 rings (SSSR count). The molecule has 0 heterocycles. The summed E-state index contributed by atoms with van der Waals surface area (Å²) in [5.41, 5.74) is 5.34. The number of hydrogen-bond acceptors (Lipinski definition) is 6. The van der Waals surface area contributed by atoms with E-state index in [1.54, 1.807) is 0 Å². The molecule has 0 aromatic heterocycles. The summed E-state index contributed by atoms with van der Waals surface area (Å²) in [6, 6.07) is -3.16. The SMILES string of the molecule is CC(C)CC(NC(=O)CNC(=O)C(CO)NC(=O)C(C)N)C(=O)O. The van der Waals surface area contributed by atoms with Gasteiger partial charge in [-0.15, -0.1) is 0 Å². The molecule has 3 unspecified atom stereocenters. The molecule has 0 aromatic rings. The van der Waals surface area contributed by atoms with Crippen molar-refractivity contribution in [1.29, 1.82) is 0 Å². The Morgan fingerprint density at radius 1 is 1.00 bits per heavy atom. The van der Waals surface area contributed by atoms with Gasteiger partial charge in [0.1, 0.15) is 12.1 Å². The Bertz CT molecular complexity index is 466. The fourth-order valence-electron chi connectivity index (χ4n) is 1.73. The summed E-state index contributed by atoms with van der Waals surface area (Å²) in [6.45, 7) is 3.89. The van der Waals surface area contributed by atoms with Crippen LogP contribution in [0.4, 0.5) is 0 Å². The molecular weight excluding hydrogens is 320 g/mol. The number of rotatable bonds is 10. The lowest BCUT2D eigenvalue weighted by molar-refractivity contribution is -0.142. The number of nitrogens with two attached hydrogens (primary N) is 1. The van der Waals surface area contributed by atoms with Gasteiger partial charge < -0.3 is 31.9 Å². The normalized spacial score (nSPS) is 14.4. The third-order valence-electron chi connectivity index (χ3n) is 2.99. The molecule has 0 aliphatic rings. The molecule has 0 spiro atoms. The molecule has 10 heteroatoms. The van der Waals surface area contributed by atoms with Crippen LogP contribution in [0.25, 0.3) is 0 Å². The maximum Gasteiger partial charge on any atom is 0.326 e. The second kappa shape index (κ2) is 10.6. The van der Waals surface area contributed by atoms with E-state index in [-0.39, 0.29) is 12.3 Å². The van der Waals surface area contributed by atoms with Crippen molar-refractivity contribution in [2.75, 3.05) is 13.2 Å². The molecule has 0 radical (unpaired) electrons. The molecular formula is C14H26N4O6. The smallest absolute Gasteiger partial charge is 0.326 e. The van der Waals surface area contributed by atoms with Crippen LogP contribution in [0.1, 0.15) is 27.2 Å². The summed E-state index contributed by atoms with van der Waals surface area (Å²) >= 11 is 0. The van der Waals surface area contributed by atoms with Gasteiger partial charge in [0.05, 0.1) is 19.2 Å². The van der Waals surface area contributed by atoms with Gasteiger partial charge in [0, 0.05) is 0 Å². The van der Waals surface area contributed by atoms with E-state index in [9.17, 15) is 19.2 Å². The van der Waals surface area contributed by atoms with Crippen LogP contribution in [-0.4, -0.2) is 65.2 Å². The van der Waals surface area contributed by atoms with Gasteiger partial charge in [-0.1, -0.05) is 13.8 Å². The Morgan fingerprint density at radius 2 is 1.58 bits per heavy atom. The Balaban J connectivity index is 4.48. The van der Waals surface area contributed by atoms with Gasteiger partial charge in [-0.05, 0) is 19.3 Å². The summed E-state index contributed by atoms with van der Waals surface area (Å²) in [6.07, 6.45) is 0.249. The Labute approximate surface area is 140 Å². The number of nitrogens with one attached hydrogen (secondary N) is 3. The number of carboxylic acids is 1. The number of carbonyl (C=O) groups excluding carboxylic acids is 3. The quantitative estimate of drug-likeness (QED) is 0.255. The lowest BCUT2D eigenvalue weighted by Crippen LogP contribution is -2.54. The first kappa shape index (κ1) is 21.8. The Kier molecular flexibility index (Phi) is 9.58. The van der Waals surface area contributed by atoms with Crippen LogP contribution in [0.15, 0.2) is 0 Å². The average Bonchev–Trinajstić information content (AvgIpc) is 2.48. The summed E-state index contributed by atoms with van der Waals surface area (Å²) in [4.78, 5) is 46.0. The van der Waals surface area contributed by atoms with Crippen molar-refractivity contribution in [2.45, 2.75) is 45.3 Å². The molecule has 3 amide bonds. The van der Waals surface area contributed by atoms with Crippen molar-refractivity contribution < 1.29 is 29.4 Å². The summed E-state index contributed by atoms with van der Waals surface area (Å²) < 4.78 is 0. The van der Waals surface area contributed by atoms with Gasteiger partial charge in [0.15, 0.2) is 0 Å². The third kappa shape index (κ3) is 8.44. The minimum Gasteiger partial charge on any atom is -0.480 e. The van der Waals surface area contributed by atoms with Gasteiger partial charge in [0.2, 0.25) is 17.7 Å². The zero-order valence-corrected chi connectivity index (χ0v) is 14.0. The minimum atomic E-state index is -1.25. The van der Waals surface area contributed by atoms with E-state index in [0.29, 0.717) is 0 Å². The van der Waals surface area contributed by atoms with E-state index in [0.717, 1.165) is 0 Å². The maximum atomic E-state index is 11.8. The number of aliphatic carboxylic acids is 1. The van der Waals surface area contributed by atoms with Crippen LogP contribution in [0.5, 0.6) is 0 Å². The lowest BCUT2D eigenvalue weighted by Gasteiger charge is -2.19. The molecule has 7 N–H and O–H groups in total. The average molecular weight is 346 g/mol. The highest BCUT2D eigenvalue weighted by atomic mass is 16.4. The van der Waals surface area contributed by atoms with Gasteiger partial charge in [-0.25, -0.2) is 4.79 Å². The molecule has 3 atom stereocenters. The van der Waals surface area contributed by atoms with Crippen LogP contribution in [0.3, 0.4) is 0 Å². The number of carbonyl (C=O) groups is 4. The van der Waals surface area contributed by atoms with Crippen LogP contribution in [0, 0.1) is 5.92 Å². The lowest BCUT2D eigenvalue weighted by atomic mass is 10.0. The predicted octanol–water partition coefficient (Wildman–Crippen LogP) is -2.46. The summed E-state index contributed by atoms with van der Waals surface area (Å²) in [5.74, 6) is -3.20. The van der Waals surface area contributed by atoms with Crippen molar-refractivity contribution in [3.63, 3.8) is 0 Å². The highest BCUT2D eigenvalue weighted by molar-refractivity contribution is 5.92. The van der Waals surface area contributed by atoms with E-state index < -0.39 is 55.0 Å². The topological polar surface area (TPSA) is 171 Å². The predicted molar refractivity (Wildman–Crippen MR) is 84.7 cm³/mol. The molecule has 0 aromatic carbocycles. The second-order valence-corrected chi connectivity index (χ2v) is 5.84. The fraction of sp³-hybridized carbons (Fsp3) is 0.714. The van der Waals surface area contributed by atoms with Crippen molar-refractivity contribution in [3.05, 3.63) is 0 Å². The highest BCUT2D eigenvalue weighted by Crippen LogP contribution is 2.04. The number of aliphatic hydroxyl groups excluding tert-OH is 1. The van der Waals surface area contributed by atoms with Crippen LogP contribution in [0.2, 0.25) is 0 Å². The molecule has 0 saturated carbocycles. The highest BCUT2D eigenvalue weighted by Gasteiger charge is 2.24. The number of hydrogen-bond donors (Lipinski definition) is 6. The second-order valence-electron chi connectivity index (χ2n) is 5.84. The molecule has 0 fully saturated rings. The van der Waals surface area contributed by atoms with Crippen molar-refractivity contribution in [3.8, 4) is 0 Å². The first-order valence-electron chi connectivity index (χ1n) is 7.55. The van der Waals surface area contributed by atoms with Crippen molar-refractivity contribution in [1.82, 2.24) is 16.0 Å². The Hall–Kier alpha value is -2.20. The van der Waals surface area contributed by atoms with E-state index in [1.807, 2.05) is 13.8 Å². The van der Waals surface area contributed by atoms with Gasteiger partial charge in [-0.3, -0.25) is 14.4 Å². The largest absolute Gasteiger partial charge is 0.480 e. The molecule has 10 nitrogen and oxygen atoms in total. The zero-order valence-electron chi connectivity index (χ0n) is 14.0. The minimum absolute atomic E-state index is 0.0632. The van der Waals surface area contributed by atoms with Gasteiger partial charge in [0.25, 0.3) is 0 Å². The molecule has 0 bridgehead atoms. The van der Waals surface area contributed by atoms with E-state index in [2.05, 4.69) is 16.0 Å². The molecule has 0 aliphatic carbocycles. The van der Waals surface area contributed by atoms with E-state index in [1.165, 1.54) is 6.92 Å².